The van der Waals surface area contributed by atoms with Crippen molar-refractivity contribution in [2.45, 2.75) is 25.4 Å². The van der Waals surface area contributed by atoms with Crippen LogP contribution in [0.15, 0.2) is 36.5 Å². The number of imide groups is 1. The fraction of sp³-hybridized carbons (Fsp3) is 0.391. The number of hydrogen-bond donors (Lipinski definition) is 0. The molecule has 2 fully saturated rings. The standard InChI is InChI=1S/C23H23N3O4/c1-13(27)20-18-17(22(28)25(23(18)29)11-4-12-30-2)16-9-8-15-7-6-14-5-3-10-24-19(14)21(15)26(16)20/h3,5-10,16-18,20H,4,11-12H2,1-2H3/t16-,17-,18-,20+/m1/s1. The van der Waals surface area contributed by atoms with Crippen LogP contribution < -0.4 is 4.90 Å². The first-order valence-corrected chi connectivity index (χ1v) is 10.2. The number of hydrogen-bond acceptors (Lipinski definition) is 6. The van der Waals surface area contributed by atoms with Gasteiger partial charge >= 0.3 is 0 Å². The zero-order chi connectivity index (χ0) is 21.0. The number of anilines is 1. The number of Topliss-reactive ketones (excluding diaryl/α,β-unsaturated/α-hetero) is 1. The summed E-state index contributed by atoms with van der Waals surface area (Å²) in [5.74, 6) is -1.78. The number of ketones is 1. The number of likely N-dealkylation sites (tertiary alicyclic amines) is 1. The Balaban J connectivity index is 1.62. The highest BCUT2D eigenvalue weighted by molar-refractivity contribution is 6.12. The maximum absolute atomic E-state index is 13.3. The van der Waals surface area contributed by atoms with Crippen LogP contribution in [0.1, 0.15) is 18.9 Å². The van der Waals surface area contributed by atoms with Crippen LogP contribution in [-0.2, 0) is 19.1 Å². The number of fused-ring (bicyclic) bond motifs is 7. The van der Waals surface area contributed by atoms with Crippen LogP contribution in [0.3, 0.4) is 0 Å². The molecule has 2 aromatic rings. The summed E-state index contributed by atoms with van der Waals surface area (Å²) in [7, 11) is 1.59. The zero-order valence-electron chi connectivity index (χ0n) is 16.9. The smallest absolute Gasteiger partial charge is 0.235 e. The number of amides is 2. The van der Waals surface area contributed by atoms with E-state index in [9.17, 15) is 14.4 Å². The van der Waals surface area contributed by atoms with Gasteiger partial charge in [-0.1, -0.05) is 30.4 Å². The summed E-state index contributed by atoms with van der Waals surface area (Å²) in [4.78, 5) is 47.2. The van der Waals surface area contributed by atoms with E-state index in [1.54, 1.807) is 13.3 Å². The molecule has 0 aliphatic carbocycles. The zero-order valence-corrected chi connectivity index (χ0v) is 16.9. The number of carbonyl (C=O) groups excluding carboxylic acids is 3. The van der Waals surface area contributed by atoms with Gasteiger partial charge in [0.25, 0.3) is 0 Å². The van der Waals surface area contributed by atoms with Crippen LogP contribution in [0.2, 0.25) is 0 Å². The number of pyridine rings is 1. The maximum atomic E-state index is 13.3. The molecule has 7 heteroatoms. The lowest BCUT2D eigenvalue weighted by Gasteiger charge is -2.36. The van der Waals surface area contributed by atoms with Gasteiger partial charge < -0.3 is 9.64 Å². The molecule has 3 aliphatic rings. The van der Waals surface area contributed by atoms with E-state index in [1.807, 2.05) is 41.3 Å². The van der Waals surface area contributed by atoms with Crippen LogP contribution in [0, 0.1) is 11.8 Å². The highest BCUT2D eigenvalue weighted by Gasteiger charge is 2.63. The Hall–Kier alpha value is -3.06. The molecule has 0 N–H and O–H groups in total. The van der Waals surface area contributed by atoms with Crippen molar-refractivity contribution in [1.29, 1.82) is 0 Å². The van der Waals surface area contributed by atoms with Gasteiger partial charge in [0, 0.05) is 31.8 Å². The molecule has 7 nitrogen and oxygen atoms in total. The number of benzene rings is 1. The Morgan fingerprint density at radius 2 is 1.97 bits per heavy atom. The van der Waals surface area contributed by atoms with Gasteiger partial charge in [-0.15, -0.1) is 0 Å². The van der Waals surface area contributed by atoms with Crippen LogP contribution in [0.4, 0.5) is 5.69 Å². The van der Waals surface area contributed by atoms with Crippen molar-refractivity contribution in [2.75, 3.05) is 25.2 Å². The second kappa shape index (κ2) is 7.02. The monoisotopic (exact) mass is 405 g/mol. The van der Waals surface area contributed by atoms with Crippen LogP contribution in [0.25, 0.3) is 17.0 Å². The molecular formula is C23H23N3O4. The molecule has 1 aromatic carbocycles. The Bertz CT molecular complexity index is 1100. The average Bonchev–Trinajstić information content (AvgIpc) is 3.22. The fourth-order valence-electron chi connectivity index (χ4n) is 5.29. The maximum Gasteiger partial charge on any atom is 0.235 e. The fourth-order valence-corrected chi connectivity index (χ4v) is 5.29. The predicted octanol–water partition coefficient (Wildman–Crippen LogP) is 2.05. The topological polar surface area (TPSA) is 79.8 Å². The SMILES string of the molecule is COCCCN1C(=O)[C@@H]2[C@H](C1=O)[C@H]1C=Cc3ccc4cccnc4c3N1[C@H]2C(C)=O. The second-order valence-electron chi connectivity index (χ2n) is 8.12. The van der Waals surface area contributed by atoms with E-state index >= 15 is 0 Å². The van der Waals surface area contributed by atoms with Gasteiger partial charge in [-0.25, -0.2) is 0 Å². The third-order valence-corrected chi connectivity index (χ3v) is 6.48. The van der Waals surface area contributed by atoms with Crippen LogP contribution >= 0.6 is 0 Å². The number of carbonyl (C=O) groups is 3. The van der Waals surface area contributed by atoms with Crippen molar-refractivity contribution in [2.24, 2.45) is 11.8 Å². The van der Waals surface area contributed by atoms with Crippen LogP contribution in [-0.4, -0.2) is 59.8 Å². The highest BCUT2D eigenvalue weighted by atomic mass is 16.5. The van der Waals surface area contributed by atoms with Crippen molar-refractivity contribution in [1.82, 2.24) is 9.88 Å². The van der Waals surface area contributed by atoms with Gasteiger partial charge in [-0.3, -0.25) is 24.3 Å². The van der Waals surface area contributed by atoms with Gasteiger partial charge in [0.1, 0.15) is 6.04 Å². The summed E-state index contributed by atoms with van der Waals surface area (Å²) in [6.07, 6.45) is 6.25. The molecule has 0 radical (unpaired) electrons. The first-order valence-electron chi connectivity index (χ1n) is 10.2. The van der Waals surface area contributed by atoms with E-state index in [-0.39, 0.29) is 23.6 Å². The van der Waals surface area contributed by atoms with Crippen molar-refractivity contribution >= 4 is 40.3 Å². The minimum Gasteiger partial charge on any atom is -0.385 e. The van der Waals surface area contributed by atoms with Gasteiger partial charge in [0.2, 0.25) is 11.8 Å². The van der Waals surface area contributed by atoms with E-state index in [2.05, 4.69) is 4.98 Å². The summed E-state index contributed by atoms with van der Waals surface area (Å²) in [6.45, 7) is 2.30. The third-order valence-electron chi connectivity index (χ3n) is 6.48. The summed E-state index contributed by atoms with van der Waals surface area (Å²) in [5, 5.41) is 0.962. The van der Waals surface area contributed by atoms with Crippen LogP contribution in [0.5, 0.6) is 0 Å². The summed E-state index contributed by atoms with van der Waals surface area (Å²) < 4.78 is 5.06. The Morgan fingerprint density at radius 1 is 1.17 bits per heavy atom. The van der Waals surface area contributed by atoms with E-state index in [1.165, 1.54) is 11.8 Å². The van der Waals surface area contributed by atoms with Gasteiger partial charge in [0.15, 0.2) is 5.78 Å². The van der Waals surface area contributed by atoms with E-state index < -0.39 is 17.9 Å². The first kappa shape index (κ1) is 18.9. The molecule has 0 bridgehead atoms. The Morgan fingerprint density at radius 3 is 2.73 bits per heavy atom. The molecule has 4 atom stereocenters. The number of aromatic nitrogens is 1. The summed E-state index contributed by atoms with van der Waals surface area (Å²) >= 11 is 0. The highest BCUT2D eigenvalue weighted by Crippen LogP contribution is 2.49. The molecular weight excluding hydrogens is 382 g/mol. The van der Waals surface area contributed by atoms with Gasteiger partial charge in [-0.2, -0.15) is 0 Å². The minimum atomic E-state index is -0.680. The summed E-state index contributed by atoms with van der Waals surface area (Å²) in [5.41, 5.74) is 2.56. The van der Waals surface area contributed by atoms with E-state index in [4.69, 9.17) is 4.74 Å². The third kappa shape index (κ3) is 2.55. The molecule has 2 amide bonds. The van der Waals surface area contributed by atoms with Crippen molar-refractivity contribution in [3.05, 3.63) is 42.1 Å². The lowest BCUT2D eigenvalue weighted by atomic mass is 9.88. The normalized spacial score (nSPS) is 26.9. The number of ether oxygens (including phenoxy) is 1. The molecule has 0 saturated carbocycles. The lowest BCUT2D eigenvalue weighted by molar-refractivity contribution is -0.141. The number of methoxy groups -OCH3 is 1. The minimum absolute atomic E-state index is 0.110. The van der Waals surface area contributed by atoms with Crippen molar-refractivity contribution in [3.63, 3.8) is 0 Å². The molecule has 30 heavy (non-hydrogen) atoms. The first-order chi connectivity index (χ1) is 14.5. The molecule has 5 rings (SSSR count). The number of rotatable bonds is 5. The molecule has 3 aliphatic heterocycles. The Kier molecular flexibility index (Phi) is 4.43. The van der Waals surface area contributed by atoms with E-state index in [0.717, 1.165) is 22.2 Å². The summed E-state index contributed by atoms with van der Waals surface area (Å²) in [6, 6.07) is 6.82. The van der Waals surface area contributed by atoms with Crippen molar-refractivity contribution in [3.8, 4) is 0 Å². The molecule has 0 unspecified atom stereocenters. The Labute approximate surface area is 174 Å². The lowest BCUT2D eigenvalue weighted by Crippen LogP contribution is -2.48. The largest absolute Gasteiger partial charge is 0.385 e. The molecule has 0 spiro atoms. The molecule has 154 valence electrons. The predicted molar refractivity (Wildman–Crippen MR) is 112 cm³/mol. The van der Waals surface area contributed by atoms with Gasteiger partial charge in [0.05, 0.1) is 29.1 Å². The molecule has 4 heterocycles. The van der Waals surface area contributed by atoms with Gasteiger partial charge in [-0.05, 0) is 25.0 Å². The average molecular weight is 405 g/mol. The second-order valence-corrected chi connectivity index (χ2v) is 8.12. The van der Waals surface area contributed by atoms with Crippen molar-refractivity contribution < 1.29 is 19.1 Å². The number of nitrogens with zero attached hydrogens (tertiary/aromatic N) is 3. The quantitative estimate of drug-likeness (QED) is 0.560. The molecule has 2 saturated heterocycles. The van der Waals surface area contributed by atoms with E-state index in [0.29, 0.717) is 19.6 Å². The molecule has 1 aromatic heterocycles.